The van der Waals surface area contributed by atoms with Gasteiger partial charge in [-0.05, 0) is 31.4 Å². The number of aromatic nitrogens is 2. The Bertz CT molecular complexity index is 676. The zero-order valence-corrected chi connectivity index (χ0v) is 13.5. The second-order valence-electron chi connectivity index (χ2n) is 6.65. The summed E-state index contributed by atoms with van der Waals surface area (Å²) in [5.74, 6) is 2.78. The van der Waals surface area contributed by atoms with Crippen molar-refractivity contribution in [1.82, 2.24) is 14.5 Å². The first-order chi connectivity index (χ1) is 11.3. The predicted octanol–water partition coefficient (Wildman–Crippen LogP) is 3.01. The number of likely N-dealkylation sites (tertiary alicyclic amines) is 1. The fraction of sp³-hybridized carbons (Fsp3) is 0.556. The van der Waals surface area contributed by atoms with Crippen LogP contribution < -0.4 is 0 Å². The van der Waals surface area contributed by atoms with Crippen molar-refractivity contribution in [2.45, 2.75) is 44.6 Å². The molecule has 2 aromatic rings. The van der Waals surface area contributed by atoms with E-state index < -0.39 is 0 Å². The first-order valence-corrected chi connectivity index (χ1v) is 8.61. The van der Waals surface area contributed by atoms with Crippen LogP contribution in [0, 0.1) is 5.92 Å². The Hall–Kier alpha value is -2.04. The summed E-state index contributed by atoms with van der Waals surface area (Å²) in [6.07, 6.45) is 9.67. The normalized spacial score (nSPS) is 27.2. The fourth-order valence-corrected chi connectivity index (χ4v) is 3.85. The van der Waals surface area contributed by atoms with Gasteiger partial charge >= 0.3 is 0 Å². The van der Waals surface area contributed by atoms with E-state index in [2.05, 4.69) is 27.6 Å². The van der Waals surface area contributed by atoms with Gasteiger partial charge < -0.3 is 13.9 Å². The Labute approximate surface area is 136 Å². The molecule has 5 heteroatoms. The Morgan fingerprint density at radius 2 is 2.39 bits per heavy atom. The van der Waals surface area contributed by atoms with Gasteiger partial charge in [-0.1, -0.05) is 6.92 Å². The highest BCUT2D eigenvalue weighted by molar-refractivity contribution is 5.83. The standard InChI is InChI=1S/C18H23N3O2/c1-2-17-19-7-9-21(17)13-5-3-8-20(12-13)18(22)15-11-14(15)16-6-4-10-23-16/h4,6-7,9-10,13-15H,2-3,5,8,11-12H2,1H3/t13-,14+,15-/m1/s1. The summed E-state index contributed by atoms with van der Waals surface area (Å²) < 4.78 is 7.71. The minimum absolute atomic E-state index is 0.119. The van der Waals surface area contributed by atoms with Crippen LogP contribution in [0.4, 0.5) is 0 Å². The number of rotatable bonds is 4. The van der Waals surface area contributed by atoms with E-state index >= 15 is 0 Å². The molecule has 3 atom stereocenters. The molecule has 1 saturated carbocycles. The molecule has 3 heterocycles. The minimum atomic E-state index is 0.119. The second kappa shape index (κ2) is 5.87. The molecule has 1 amide bonds. The molecular weight excluding hydrogens is 290 g/mol. The maximum Gasteiger partial charge on any atom is 0.226 e. The van der Waals surface area contributed by atoms with E-state index in [0.29, 0.717) is 11.9 Å². The van der Waals surface area contributed by atoms with Crippen LogP contribution in [-0.4, -0.2) is 33.4 Å². The molecule has 2 aliphatic rings. The van der Waals surface area contributed by atoms with Crippen LogP contribution >= 0.6 is 0 Å². The van der Waals surface area contributed by atoms with Gasteiger partial charge in [0.1, 0.15) is 11.6 Å². The molecular formula is C18H23N3O2. The SMILES string of the molecule is CCc1nccn1[C@@H]1CCCN(C(=O)[C@@H]2C[C@@H]2c2ccco2)C1. The van der Waals surface area contributed by atoms with Gasteiger partial charge in [0.05, 0.1) is 12.3 Å². The zero-order valence-electron chi connectivity index (χ0n) is 13.5. The van der Waals surface area contributed by atoms with E-state index in [0.717, 1.165) is 50.4 Å². The van der Waals surface area contributed by atoms with Crippen LogP contribution in [0.25, 0.3) is 0 Å². The third-order valence-corrected chi connectivity index (χ3v) is 5.18. The average molecular weight is 313 g/mol. The number of aryl methyl sites for hydroxylation is 1. The van der Waals surface area contributed by atoms with Gasteiger partial charge in [0.15, 0.2) is 0 Å². The van der Waals surface area contributed by atoms with Gasteiger partial charge in [0, 0.05) is 43.7 Å². The highest BCUT2D eigenvalue weighted by Gasteiger charge is 2.48. The van der Waals surface area contributed by atoms with Crippen molar-refractivity contribution in [3.05, 3.63) is 42.4 Å². The molecule has 23 heavy (non-hydrogen) atoms. The summed E-state index contributed by atoms with van der Waals surface area (Å²) in [6.45, 7) is 3.82. The zero-order chi connectivity index (χ0) is 15.8. The van der Waals surface area contributed by atoms with Crippen LogP contribution in [0.3, 0.4) is 0 Å². The molecule has 1 aliphatic heterocycles. The number of carbonyl (C=O) groups excluding carboxylic acids is 1. The number of hydrogen-bond donors (Lipinski definition) is 0. The lowest BCUT2D eigenvalue weighted by Gasteiger charge is -2.34. The maximum atomic E-state index is 12.8. The van der Waals surface area contributed by atoms with Crippen molar-refractivity contribution in [3.8, 4) is 0 Å². The summed E-state index contributed by atoms with van der Waals surface area (Å²) >= 11 is 0. The molecule has 0 bridgehead atoms. The summed E-state index contributed by atoms with van der Waals surface area (Å²) in [7, 11) is 0. The lowest BCUT2D eigenvalue weighted by molar-refractivity contribution is -0.134. The van der Waals surface area contributed by atoms with Crippen LogP contribution in [-0.2, 0) is 11.2 Å². The van der Waals surface area contributed by atoms with Gasteiger partial charge in [0.25, 0.3) is 0 Å². The Kier molecular flexibility index (Phi) is 3.71. The van der Waals surface area contributed by atoms with Crippen LogP contribution in [0.1, 0.15) is 49.7 Å². The fourth-order valence-electron chi connectivity index (χ4n) is 3.85. The summed E-state index contributed by atoms with van der Waals surface area (Å²) in [5.41, 5.74) is 0. The summed E-state index contributed by atoms with van der Waals surface area (Å²) in [6, 6.07) is 4.25. The maximum absolute atomic E-state index is 12.8. The third-order valence-electron chi connectivity index (χ3n) is 5.18. The number of imidazole rings is 1. The Balaban J connectivity index is 1.43. The number of nitrogens with zero attached hydrogens (tertiary/aromatic N) is 3. The molecule has 2 fully saturated rings. The van der Waals surface area contributed by atoms with Crippen molar-refractivity contribution < 1.29 is 9.21 Å². The highest BCUT2D eigenvalue weighted by Crippen LogP contribution is 2.49. The average Bonchev–Trinajstić information content (AvgIpc) is 3.03. The summed E-state index contributed by atoms with van der Waals surface area (Å²) in [5, 5.41) is 0. The van der Waals surface area contributed by atoms with E-state index in [1.165, 1.54) is 0 Å². The molecule has 0 aromatic carbocycles. The molecule has 1 aliphatic carbocycles. The van der Waals surface area contributed by atoms with E-state index in [1.54, 1.807) is 6.26 Å². The second-order valence-corrected chi connectivity index (χ2v) is 6.65. The quantitative estimate of drug-likeness (QED) is 0.872. The Morgan fingerprint density at radius 3 is 3.17 bits per heavy atom. The molecule has 1 saturated heterocycles. The number of hydrogen-bond acceptors (Lipinski definition) is 3. The van der Waals surface area contributed by atoms with Gasteiger partial charge in [0.2, 0.25) is 5.91 Å². The van der Waals surface area contributed by atoms with E-state index in [1.807, 2.05) is 18.3 Å². The lowest BCUT2D eigenvalue weighted by Crippen LogP contribution is -2.41. The van der Waals surface area contributed by atoms with Crippen LogP contribution in [0.2, 0.25) is 0 Å². The third kappa shape index (κ3) is 2.69. The van der Waals surface area contributed by atoms with Crippen molar-refractivity contribution in [2.24, 2.45) is 5.92 Å². The molecule has 5 nitrogen and oxygen atoms in total. The lowest BCUT2D eigenvalue weighted by atomic mass is 10.0. The van der Waals surface area contributed by atoms with Crippen molar-refractivity contribution in [2.75, 3.05) is 13.1 Å². The number of piperidine rings is 1. The number of amides is 1. The molecule has 122 valence electrons. The smallest absolute Gasteiger partial charge is 0.226 e. The largest absolute Gasteiger partial charge is 0.469 e. The molecule has 0 radical (unpaired) electrons. The molecule has 2 aromatic heterocycles. The van der Waals surface area contributed by atoms with Gasteiger partial charge in [-0.3, -0.25) is 4.79 Å². The molecule has 0 N–H and O–H groups in total. The van der Waals surface area contributed by atoms with E-state index in [9.17, 15) is 4.79 Å². The van der Waals surface area contributed by atoms with Crippen molar-refractivity contribution >= 4 is 5.91 Å². The number of carbonyl (C=O) groups is 1. The highest BCUT2D eigenvalue weighted by atomic mass is 16.3. The van der Waals surface area contributed by atoms with Crippen LogP contribution in [0.15, 0.2) is 35.2 Å². The van der Waals surface area contributed by atoms with Gasteiger partial charge in [-0.25, -0.2) is 4.98 Å². The predicted molar refractivity (Wildman–Crippen MR) is 86.0 cm³/mol. The topological polar surface area (TPSA) is 51.3 Å². The van der Waals surface area contributed by atoms with Gasteiger partial charge in [-0.2, -0.15) is 0 Å². The van der Waals surface area contributed by atoms with Gasteiger partial charge in [-0.15, -0.1) is 0 Å². The number of furan rings is 1. The molecule has 0 unspecified atom stereocenters. The minimum Gasteiger partial charge on any atom is -0.469 e. The van der Waals surface area contributed by atoms with Crippen molar-refractivity contribution in [1.29, 1.82) is 0 Å². The molecule has 4 rings (SSSR count). The summed E-state index contributed by atoms with van der Waals surface area (Å²) in [4.78, 5) is 19.3. The first kappa shape index (κ1) is 14.5. The monoisotopic (exact) mass is 313 g/mol. The van der Waals surface area contributed by atoms with Crippen LogP contribution in [0.5, 0.6) is 0 Å². The molecule has 0 spiro atoms. The first-order valence-electron chi connectivity index (χ1n) is 8.61. The van der Waals surface area contributed by atoms with E-state index in [-0.39, 0.29) is 11.8 Å². The Morgan fingerprint density at radius 1 is 1.48 bits per heavy atom. The van der Waals surface area contributed by atoms with Crippen molar-refractivity contribution in [3.63, 3.8) is 0 Å². The van der Waals surface area contributed by atoms with E-state index in [4.69, 9.17) is 4.42 Å².